The normalized spacial score (nSPS) is 14.3. The Morgan fingerprint density at radius 3 is 2.41 bits per heavy atom. The number of methoxy groups -OCH3 is 1. The monoisotopic (exact) mass is 475 g/mol. The summed E-state index contributed by atoms with van der Waals surface area (Å²) in [6.45, 7) is 3.98. The van der Waals surface area contributed by atoms with E-state index in [9.17, 15) is 5.11 Å². The molecule has 5 nitrogen and oxygen atoms in total. The molecular weight excluding hydrogens is 446 g/mol. The minimum atomic E-state index is 0.0311. The molecule has 2 heterocycles. The Morgan fingerprint density at radius 2 is 1.65 bits per heavy atom. The predicted octanol–water partition coefficient (Wildman–Crippen LogP) is 6.94. The lowest BCUT2D eigenvalue weighted by Gasteiger charge is -2.26. The van der Waals surface area contributed by atoms with Gasteiger partial charge >= 0.3 is 0 Å². The maximum atomic E-state index is 10.6. The molecule has 1 aromatic heterocycles. The van der Waals surface area contributed by atoms with Gasteiger partial charge in [-0.15, -0.1) is 11.3 Å². The van der Waals surface area contributed by atoms with E-state index in [0.29, 0.717) is 23.9 Å². The average Bonchev–Trinajstić information content (AvgIpc) is 3.31. The van der Waals surface area contributed by atoms with Crippen molar-refractivity contribution in [3.63, 3.8) is 0 Å². The third-order valence-corrected chi connectivity index (χ3v) is 7.30. The molecule has 176 valence electrons. The van der Waals surface area contributed by atoms with Crippen LogP contribution in [0.15, 0.2) is 66.7 Å². The zero-order valence-electron chi connectivity index (χ0n) is 19.3. The Balaban J connectivity index is 1.29. The van der Waals surface area contributed by atoms with Crippen molar-refractivity contribution in [2.75, 3.05) is 33.4 Å². The number of phenols is 1. The van der Waals surface area contributed by atoms with Crippen molar-refractivity contribution in [1.82, 2.24) is 4.90 Å². The van der Waals surface area contributed by atoms with Gasteiger partial charge in [-0.25, -0.2) is 0 Å². The second-order valence-corrected chi connectivity index (χ2v) is 9.58. The summed E-state index contributed by atoms with van der Waals surface area (Å²) in [6, 6.07) is 21.4. The number of ether oxygens (including phenoxy) is 3. The molecule has 1 fully saturated rings. The third kappa shape index (κ3) is 5.13. The quantitative estimate of drug-likeness (QED) is 0.299. The first kappa shape index (κ1) is 22.6. The molecule has 1 saturated heterocycles. The Hall–Kier alpha value is -3.22. The van der Waals surface area contributed by atoms with Crippen molar-refractivity contribution in [3.8, 4) is 39.2 Å². The van der Waals surface area contributed by atoms with E-state index in [1.165, 1.54) is 42.4 Å². The summed E-state index contributed by atoms with van der Waals surface area (Å²) in [5, 5.41) is 11.7. The van der Waals surface area contributed by atoms with Crippen LogP contribution in [0, 0.1) is 0 Å². The number of piperidine rings is 1. The molecule has 3 aromatic carbocycles. The molecule has 0 aliphatic carbocycles. The number of aromatic hydroxyl groups is 1. The number of fused-ring (bicyclic) bond motifs is 1. The fourth-order valence-electron chi connectivity index (χ4n) is 4.31. The Morgan fingerprint density at radius 1 is 0.882 bits per heavy atom. The molecule has 0 amide bonds. The summed E-state index contributed by atoms with van der Waals surface area (Å²) >= 11 is 1.68. The molecule has 4 aromatic rings. The molecule has 1 aliphatic rings. The van der Waals surface area contributed by atoms with Gasteiger partial charge in [0, 0.05) is 27.8 Å². The van der Waals surface area contributed by atoms with Crippen molar-refractivity contribution >= 4 is 21.4 Å². The lowest BCUT2D eigenvalue weighted by Crippen LogP contribution is -2.33. The first-order valence-electron chi connectivity index (χ1n) is 11.7. The van der Waals surface area contributed by atoms with Crippen LogP contribution in [0.25, 0.3) is 20.5 Å². The molecule has 6 heteroatoms. The largest absolute Gasteiger partial charge is 0.504 e. The summed E-state index contributed by atoms with van der Waals surface area (Å²) in [5.41, 5.74) is 0.883. The number of nitrogens with zero attached hydrogens (tertiary/aromatic N) is 1. The Kier molecular flexibility index (Phi) is 6.88. The van der Waals surface area contributed by atoms with Gasteiger partial charge in [-0.05, 0) is 73.8 Å². The van der Waals surface area contributed by atoms with Gasteiger partial charge in [-0.2, -0.15) is 0 Å². The molecule has 0 saturated carbocycles. The maximum Gasteiger partial charge on any atom is 0.169 e. The second kappa shape index (κ2) is 10.4. The van der Waals surface area contributed by atoms with Crippen LogP contribution in [-0.2, 0) is 0 Å². The maximum absolute atomic E-state index is 10.6. The Bertz CT molecular complexity index is 1210. The highest BCUT2D eigenvalue weighted by atomic mass is 32.1. The van der Waals surface area contributed by atoms with Crippen molar-refractivity contribution < 1.29 is 19.3 Å². The van der Waals surface area contributed by atoms with Gasteiger partial charge < -0.3 is 19.3 Å². The van der Waals surface area contributed by atoms with E-state index < -0.39 is 0 Å². The van der Waals surface area contributed by atoms with Gasteiger partial charge in [-0.1, -0.05) is 24.6 Å². The van der Waals surface area contributed by atoms with E-state index >= 15 is 0 Å². The van der Waals surface area contributed by atoms with E-state index in [1.807, 2.05) is 42.5 Å². The van der Waals surface area contributed by atoms with Crippen LogP contribution >= 0.6 is 11.3 Å². The van der Waals surface area contributed by atoms with Crippen LogP contribution < -0.4 is 14.2 Å². The zero-order chi connectivity index (χ0) is 23.3. The minimum Gasteiger partial charge on any atom is -0.504 e. The van der Waals surface area contributed by atoms with Gasteiger partial charge in [0.05, 0.1) is 7.11 Å². The van der Waals surface area contributed by atoms with Gasteiger partial charge in [0.2, 0.25) is 0 Å². The predicted molar refractivity (Wildman–Crippen MR) is 138 cm³/mol. The molecule has 0 spiro atoms. The second-order valence-electron chi connectivity index (χ2n) is 8.49. The molecule has 0 bridgehead atoms. The summed E-state index contributed by atoms with van der Waals surface area (Å²) in [7, 11) is 1.61. The van der Waals surface area contributed by atoms with Crippen molar-refractivity contribution in [2.24, 2.45) is 0 Å². The fraction of sp³-hybridized carbons (Fsp3) is 0.286. The number of thiophene rings is 1. The molecule has 1 N–H and O–H groups in total. The van der Waals surface area contributed by atoms with Crippen LogP contribution in [0.1, 0.15) is 19.3 Å². The topological polar surface area (TPSA) is 51.2 Å². The fourth-order valence-corrected chi connectivity index (χ4v) is 5.40. The number of likely N-dealkylation sites (tertiary alicyclic amines) is 1. The molecule has 1 aliphatic heterocycles. The molecule has 34 heavy (non-hydrogen) atoms. The molecule has 0 atom stereocenters. The van der Waals surface area contributed by atoms with Crippen molar-refractivity contribution in [1.29, 1.82) is 0 Å². The molecule has 0 radical (unpaired) electrons. The third-order valence-electron chi connectivity index (χ3n) is 6.15. The minimum absolute atomic E-state index is 0.0311. The van der Waals surface area contributed by atoms with Crippen molar-refractivity contribution in [3.05, 3.63) is 66.7 Å². The number of hydrogen-bond acceptors (Lipinski definition) is 6. The zero-order valence-corrected chi connectivity index (χ0v) is 20.1. The Labute approximate surface area is 204 Å². The van der Waals surface area contributed by atoms with E-state index in [1.54, 1.807) is 24.5 Å². The van der Waals surface area contributed by atoms with Crippen molar-refractivity contribution in [2.45, 2.75) is 19.3 Å². The lowest BCUT2D eigenvalue weighted by atomic mass is 10.1. The van der Waals surface area contributed by atoms with Crippen LogP contribution in [0.2, 0.25) is 0 Å². The highest BCUT2D eigenvalue weighted by molar-refractivity contribution is 7.22. The van der Waals surface area contributed by atoms with Gasteiger partial charge in [0.25, 0.3) is 0 Å². The first-order valence-corrected chi connectivity index (χ1v) is 12.5. The van der Waals surface area contributed by atoms with E-state index in [4.69, 9.17) is 14.2 Å². The van der Waals surface area contributed by atoms with Gasteiger partial charge in [0.15, 0.2) is 11.5 Å². The van der Waals surface area contributed by atoms with Crippen LogP contribution in [0.4, 0.5) is 0 Å². The summed E-state index contributed by atoms with van der Waals surface area (Å²) in [6.07, 6.45) is 3.91. The van der Waals surface area contributed by atoms with E-state index in [0.717, 1.165) is 22.7 Å². The summed E-state index contributed by atoms with van der Waals surface area (Å²) < 4.78 is 18.7. The number of phenolic OH excluding ortho intramolecular Hbond substituents is 1. The van der Waals surface area contributed by atoms with Crippen LogP contribution in [-0.4, -0.2) is 43.4 Å². The highest BCUT2D eigenvalue weighted by Gasteiger charge is 2.16. The SMILES string of the molecule is COc1cc(O)c(Oc2ccc(OCCN3CCCCC3)cc2)cc1-c1cc2ccccc2s1. The average molecular weight is 476 g/mol. The van der Waals surface area contributed by atoms with Gasteiger partial charge in [-0.3, -0.25) is 4.90 Å². The smallest absolute Gasteiger partial charge is 0.169 e. The van der Waals surface area contributed by atoms with Gasteiger partial charge in [0.1, 0.15) is 23.9 Å². The highest BCUT2D eigenvalue weighted by Crippen LogP contribution is 2.44. The van der Waals surface area contributed by atoms with Crippen LogP contribution in [0.3, 0.4) is 0 Å². The lowest BCUT2D eigenvalue weighted by molar-refractivity contribution is 0.183. The standard InChI is InChI=1S/C28H29NO4S/c1-31-25-19-24(30)26(18-23(25)28-17-20-7-3-4-8-27(20)34-28)33-22-11-9-21(10-12-22)32-16-15-29-13-5-2-6-14-29/h3-4,7-12,17-19,30H,2,5-6,13-16H2,1H3. The molecule has 5 rings (SSSR count). The number of benzene rings is 3. The summed E-state index contributed by atoms with van der Waals surface area (Å²) in [4.78, 5) is 3.52. The number of rotatable bonds is 8. The van der Waals surface area contributed by atoms with E-state index in [2.05, 4.69) is 23.1 Å². The first-order chi connectivity index (χ1) is 16.7. The summed E-state index contributed by atoms with van der Waals surface area (Å²) in [5.74, 6) is 2.46. The molecule has 0 unspecified atom stereocenters. The number of hydrogen-bond donors (Lipinski definition) is 1. The molecular formula is C28H29NO4S. The van der Waals surface area contributed by atoms with Crippen LogP contribution in [0.5, 0.6) is 28.7 Å². The van der Waals surface area contributed by atoms with E-state index in [-0.39, 0.29) is 5.75 Å².